The average Bonchev–Trinajstić information content (AvgIpc) is 2.29. The molecule has 1 amide bonds. The zero-order valence-corrected chi connectivity index (χ0v) is 11.0. The van der Waals surface area contributed by atoms with Gasteiger partial charge in [0.2, 0.25) is 15.9 Å². The van der Waals surface area contributed by atoms with Crippen LogP contribution in [0.25, 0.3) is 0 Å². The van der Waals surface area contributed by atoms with Crippen LogP contribution in [0, 0.1) is 0 Å². The molecule has 1 aromatic rings. The first-order valence-electron chi connectivity index (χ1n) is 5.39. The van der Waals surface area contributed by atoms with E-state index in [2.05, 4.69) is 15.0 Å². The van der Waals surface area contributed by atoms with Crippen LogP contribution in [0.4, 0.5) is 5.82 Å². The van der Waals surface area contributed by atoms with Gasteiger partial charge in [0.1, 0.15) is 10.7 Å². The van der Waals surface area contributed by atoms with E-state index in [0.29, 0.717) is 6.54 Å². The highest BCUT2D eigenvalue weighted by atomic mass is 32.2. The molecule has 0 aliphatic rings. The molecule has 0 bridgehead atoms. The Hall–Kier alpha value is -1.67. The quantitative estimate of drug-likeness (QED) is 0.656. The molecule has 8 heteroatoms. The number of anilines is 1. The first kappa shape index (κ1) is 14.4. The van der Waals surface area contributed by atoms with Gasteiger partial charge < -0.3 is 11.1 Å². The SMILES string of the molecule is CCNc1ncccc1S(=O)(=O)NC(C)C(N)=O. The summed E-state index contributed by atoms with van der Waals surface area (Å²) in [6, 6.07) is 1.93. The van der Waals surface area contributed by atoms with E-state index < -0.39 is 22.0 Å². The van der Waals surface area contributed by atoms with E-state index in [-0.39, 0.29) is 10.7 Å². The standard InChI is InChI=1S/C10H16N4O3S/c1-3-12-10-8(5-4-6-13-10)18(16,17)14-7(2)9(11)15/h4-7,14H,3H2,1-2H3,(H2,11,15)(H,12,13). The molecule has 0 radical (unpaired) electrons. The highest BCUT2D eigenvalue weighted by Gasteiger charge is 2.23. The number of amides is 1. The largest absolute Gasteiger partial charge is 0.369 e. The number of nitrogens with two attached hydrogens (primary N) is 1. The molecule has 1 unspecified atom stereocenters. The highest BCUT2D eigenvalue weighted by Crippen LogP contribution is 2.17. The fraction of sp³-hybridized carbons (Fsp3) is 0.400. The summed E-state index contributed by atoms with van der Waals surface area (Å²) in [5.41, 5.74) is 5.02. The van der Waals surface area contributed by atoms with Gasteiger partial charge in [-0.3, -0.25) is 4.79 Å². The Labute approximate surface area is 106 Å². The fourth-order valence-corrected chi connectivity index (χ4v) is 2.61. The van der Waals surface area contributed by atoms with Crippen molar-refractivity contribution < 1.29 is 13.2 Å². The molecule has 0 aliphatic carbocycles. The molecule has 0 spiro atoms. The fourth-order valence-electron chi connectivity index (χ4n) is 1.26. The lowest BCUT2D eigenvalue weighted by atomic mass is 10.4. The van der Waals surface area contributed by atoms with Crippen LogP contribution in [0.2, 0.25) is 0 Å². The summed E-state index contributed by atoms with van der Waals surface area (Å²) < 4.78 is 26.3. The third-order valence-corrected chi connectivity index (χ3v) is 3.74. The van der Waals surface area contributed by atoms with Crippen LogP contribution in [0.3, 0.4) is 0 Å². The van der Waals surface area contributed by atoms with Gasteiger partial charge in [0.25, 0.3) is 0 Å². The number of hydrogen-bond acceptors (Lipinski definition) is 5. The number of nitrogens with one attached hydrogen (secondary N) is 2. The Morgan fingerprint density at radius 3 is 2.78 bits per heavy atom. The molecular formula is C10H16N4O3S. The molecule has 0 saturated heterocycles. The summed E-state index contributed by atoms with van der Waals surface area (Å²) >= 11 is 0. The van der Waals surface area contributed by atoms with E-state index in [4.69, 9.17) is 5.73 Å². The second-order valence-corrected chi connectivity index (χ2v) is 5.31. The number of carbonyl (C=O) groups is 1. The lowest BCUT2D eigenvalue weighted by Gasteiger charge is -2.13. The molecule has 18 heavy (non-hydrogen) atoms. The zero-order valence-electron chi connectivity index (χ0n) is 10.2. The first-order valence-corrected chi connectivity index (χ1v) is 6.87. The van der Waals surface area contributed by atoms with E-state index in [9.17, 15) is 13.2 Å². The van der Waals surface area contributed by atoms with Crippen LogP contribution in [0.15, 0.2) is 23.2 Å². The van der Waals surface area contributed by atoms with Crippen molar-refractivity contribution in [3.8, 4) is 0 Å². The number of nitrogens with zero attached hydrogens (tertiary/aromatic N) is 1. The molecule has 7 nitrogen and oxygen atoms in total. The van der Waals surface area contributed by atoms with Crippen molar-refractivity contribution in [2.45, 2.75) is 24.8 Å². The van der Waals surface area contributed by atoms with Crippen LogP contribution < -0.4 is 15.8 Å². The number of rotatable bonds is 6. The van der Waals surface area contributed by atoms with Crippen molar-refractivity contribution in [2.75, 3.05) is 11.9 Å². The maximum atomic E-state index is 12.0. The predicted molar refractivity (Wildman–Crippen MR) is 67.4 cm³/mol. The smallest absolute Gasteiger partial charge is 0.244 e. The van der Waals surface area contributed by atoms with Crippen molar-refractivity contribution in [3.63, 3.8) is 0 Å². The lowest BCUT2D eigenvalue weighted by Crippen LogP contribution is -2.42. The third-order valence-electron chi connectivity index (χ3n) is 2.16. The van der Waals surface area contributed by atoms with Gasteiger partial charge in [0, 0.05) is 12.7 Å². The summed E-state index contributed by atoms with van der Waals surface area (Å²) in [5.74, 6) is -0.503. The number of primary amides is 1. The molecule has 4 N–H and O–H groups in total. The number of carbonyl (C=O) groups excluding carboxylic acids is 1. The van der Waals surface area contributed by atoms with Crippen molar-refractivity contribution in [2.24, 2.45) is 5.73 Å². The molecule has 1 rings (SSSR count). The number of aromatic nitrogens is 1. The van der Waals surface area contributed by atoms with Gasteiger partial charge in [0.05, 0.1) is 6.04 Å². The van der Waals surface area contributed by atoms with E-state index in [1.54, 1.807) is 0 Å². The van der Waals surface area contributed by atoms with Crippen LogP contribution in [0.5, 0.6) is 0 Å². The topological polar surface area (TPSA) is 114 Å². The molecule has 1 atom stereocenters. The minimum atomic E-state index is -3.83. The van der Waals surface area contributed by atoms with E-state index in [1.165, 1.54) is 25.3 Å². The molecule has 0 aliphatic heterocycles. The van der Waals surface area contributed by atoms with Gasteiger partial charge >= 0.3 is 0 Å². The van der Waals surface area contributed by atoms with E-state index in [0.717, 1.165) is 0 Å². The highest BCUT2D eigenvalue weighted by molar-refractivity contribution is 7.89. The maximum absolute atomic E-state index is 12.0. The molecule has 100 valence electrons. The van der Waals surface area contributed by atoms with Crippen LogP contribution >= 0.6 is 0 Å². The van der Waals surface area contributed by atoms with Crippen LogP contribution in [-0.2, 0) is 14.8 Å². The summed E-state index contributed by atoms with van der Waals surface area (Å²) in [6.45, 7) is 3.73. The van der Waals surface area contributed by atoms with Gasteiger partial charge in [-0.2, -0.15) is 4.72 Å². The van der Waals surface area contributed by atoms with Gasteiger partial charge in [-0.1, -0.05) is 0 Å². The van der Waals surface area contributed by atoms with E-state index >= 15 is 0 Å². The normalized spacial score (nSPS) is 13.0. The van der Waals surface area contributed by atoms with Crippen molar-refractivity contribution in [1.82, 2.24) is 9.71 Å². The molecule has 0 aromatic carbocycles. The number of pyridine rings is 1. The van der Waals surface area contributed by atoms with Crippen molar-refractivity contribution >= 4 is 21.7 Å². The maximum Gasteiger partial charge on any atom is 0.244 e. The Balaban J connectivity index is 3.08. The molecule has 1 heterocycles. The van der Waals surface area contributed by atoms with Crippen molar-refractivity contribution in [3.05, 3.63) is 18.3 Å². The van der Waals surface area contributed by atoms with Crippen LogP contribution in [-0.4, -0.2) is 31.9 Å². The average molecular weight is 272 g/mol. The molecular weight excluding hydrogens is 256 g/mol. The third kappa shape index (κ3) is 3.41. The summed E-state index contributed by atoms with van der Waals surface area (Å²) in [7, 11) is -3.83. The molecule has 1 aromatic heterocycles. The Morgan fingerprint density at radius 2 is 2.22 bits per heavy atom. The summed E-state index contributed by atoms with van der Waals surface area (Å²) in [5, 5.41) is 2.84. The molecule has 0 fully saturated rings. The monoisotopic (exact) mass is 272 g/mol. The van der Waals surface area contributed by atoms with Gasteiger partial charge in [-0.05, 0) is 26.0 Å². The number of hydrogen-bond donors (Lipinski definition) is 3. The Kier molecular flexibility index (Phi) is 4.62. The van der Waals surface area contributed by atoms with Gasteiger partial charge in [-0.25, -0.2) is 13.4 Å². The van der Waals surface area contributed by atoms with Crippen molar-refractivity contribution in [1.29, 1.82) is 0 Å². The summed E-state index contributed by atoms with van der Waals surface area (Å²) in [4.78, 5) is 14.8. The van der Waals surface area contributed by atoms with Gasteiger partial charge in [0.15, 0.2) is 0 Å². The van der Waals surface area contributed by atoms with Crippen LogP contribution in [0.1, 0.15) is 13.8 Å². The Bertz CT molecular complexity index is 530. The minimum absolute atomic E-state index is 0.0139. The number of sulfonamides is 1. The summed E-state index contributed by atoms with van der Waals surface area (Å²) in [6.07, 6.45) is 1.48. The zero-order chi connectivity index (χ0) is 13.8. The van der Waals surface area contributed by atoms with E-state index in [1.807, 2.05) is 6.92 Å². The Morgan fingerprint density at radius 1 is 1.56 bits per heavy atom. The molecule has 0 saturated carbocycles. The first-order chi connectivity index (χ1) is 8.38. The predicted octanol–water partition coefficient (Wildman–Crippen LogP) is -0.334. The second kappa shape index (κ2) is 5.78. The second-order valence-electron chi connectivity index (χ2n) is 3.63. The van der Waals surface area contributed by atoms with Gasteiger partial charge in [-0.15, -0.1) is 0 Å². The minimum Gasteiger partial charge on any atom is -0.369 e. The lowest BCUT2D eigenvalue weighted by molar-refractivity contribution is -0.119.